The van der Waals surface area contributed by atoms with Crippen molar-refractivity contribution in [3.8, 4) is 5.75 Å². The minimum absolute atomic E-state index is 0.0100. The van der Waals surface area contributed by atoms with E-state index in [9.17, 15) is 9.59 Å². The van der Waals surface area contributed by atoms with Crippen LogP contribution in [0.4, 0.5) is 0 Å². The molecule has 44 heavy (non-hydrogen) atoms. The van der Waals surface area contributed by atoms with Crippen LogP contribution in [0, 0.1) is 0 Å². The maximum atomic E-state index is 12.9. The van der Waals surface area contributed by atoms with Crippen molar-refractivity contribution >= 4 is 36.1 Å². The SMILES string of the molecule is COc1cc(/C=C/c2ccc(C(=O)N3Cc4cn[nH]c4C3)cc2)ccc1/C=C/c1ccc(C(=O)N2Cc3cn[nH]c3C2)cc1. The predicted octanol–water partition coefficient (Wildman–Crippen LogP) is 5.79. The van der Waals surface area contributed by atoms with Crippen molar-refractivity contribution in [1.82, 2.24) is 30.2 Å². The van der Waals surface area contributed by atoms with E-state index in [2.05, 4.69) is 20.4 Å². The lowest BCUT2D eigenvalue weighted by Gasteiger charge is -2.15. The molecule has 0 bridgehead atoms. The lowest BCUT2D eigenvalue weighted by atomic mass is 10.1. The lowest BCUT2D eigenvalue weighted by molar-refractivity contribution is 0.0742. The fourth-order valence-corrected chi connectivity index (χ4v) is 5.60. The molecular formula is C35H30N6O3. The molecule has 0 radical (unpaired) electrons. The number of carbonyl (C=O) groups is 2. The lowest BCUT2D eigenvalue weighted by Crippen LogP contribution is -2.25. The van der Waals surface area contributed by atoms with Crippen molar-refractivity contribution in [2.45, 2.75) is 26.2 Å². The summed E-state index contributed by atoms with van der Waals surface area (Å²) in [5.74, 6) is 0.781. The average molecular weight is 583 g/mol. The summed E-state index contributed by atoms with van der Waals surface area (Å²) in [6.07, 6.45) is 11.6. The van der Waals surface area contributed by atoms with Crippen LogP contribution >= 0.6 is 0 Å². The van der Waals surface area contributed by atoms with Crippen molar-refractivity contribution in [3.05, 3.63) is 135 Å². The molecule has 0 saturated carbocycles. The molecule has 0 spiro atoms. The summed E-state index contributed by atoms with van der Waals surface area (Å²) < 4.78 is 5.67. The van der Waals surface area contributed by atoms with Gasteiger partial charge in [0.2, 0.25) is 0 Å². The van der Waals surface area contributed by atoms with Gasteiger partial charge in [0.15, 0.2) is 0 Å². The number of fused-ring (bicyclic) bond motifs is 2. The molecule has 2 aliphatic rings. The molecule has 2 aromatic heterocycles. The first-order valence-corrected chi connectivity index (χ1v) is 14.4. The number of nitrogens with zero attached hydrogens (tertiary/aromatic N) is 4. The quantitative estimate of drug-likeness (QED) is 0.236. The zero-order valence-electron chi connectivity index (χ0n) is 24.2. The van der Waals surface area contributed by atoms with Gasteiger partial charge in [-0.3, -0.25) is 19.8 Å². The highest BCUT2D eigenvalue weighted by molar-refractivity contribution is 5.95. The third kappa shape index (κ3) is 5.43. The number of H-pyrrole nitrogens is 2. The van der Waals surface area contributed by atoms with Gasteiger partial charge in [-0.2, -0.15) is 10.2 Å². The molecular weight excluding hydrogens is 552 g/mol. The van der Waals surface area contributed by atoms with Gasteiger partial charge >= 0.3 is 0 Å². The summed E-state index contributed by atoms with van der Waals surface area (Å²) >= 11 is 0. The van der Waals surface area contributed by atoms with Gasteiger partial charge < -0.3 is 14.5 Å². The molecule has 5 aromatic rings. The van der Waals surface area contributed by atoms with Crippen molar-refractivity contribution < 1.29 is 14.3 Å². The van der Waals surface area contributed by atoms with Gasteiger partial charge in [-0.15, -0.1) is 0 Å². The van der Waals surface area contributed by atoms with E-state index < -0.39 is 0 Å². The third-order valence-electron chi connectivity index (χ3n) is 8.11. The topological polar surface area (TPSA) is 107 Å². The molecule has 2 aliphatic heterocycles. The Labute approximate surface area is 254 Å². The molecule has 0 saturated heterocycles. The van der Waals surface area contributed by atoms with Crippen molar-refractivity contribution in [1.29, 1.82) is 0 Å². The number of benzene rings is 3. The maximum absolute atomic E-state index is 12.9. The van der Waals surface area contributed by atoms with Crippen LogP contribution in [0.15, 0.2) is 79.1 Å². The predicted molar refractivity (Wildman–Crippen MR) is 168 cm³/mol. The summed E-state index contributed by atoms with van der Waals surface area (Å²) in [5.41, 5.74) is 9.41. The first-order valence-electron chi connectivity index (χ1n) is 14.4. The van der Waals surface area contributed by atoms with E-state index in [4.69, 9.17) is 4.74 Å². The summed E-state index contributed by atoms with van der Waals surface area (Å²) in [6.45, 7) is 2.28. The number of hydrogen-bond donors (Lipinski definition) is 2. The van der Waals surface area contributed by atoms with Crippen LogP contribution in [0.3, 0.4) is 0 Å². The minimum Gasteiger partial charge on any atom is -0.496 e. The smallest absolute Gasteiger partial charge is 0.254 e. The van der Waals surface area contributed by atoms with Crippen LogP contribution in [-0.4, -0.2) is 49.1 Å². The minimum atomic E-state index is 0.0100. The molecule has 9 heteroatoms. The third-order valence-corrected chi connectivity index (χ3v) is 8.11. The maximum Gasteiger partial charge on any atom is 0.254 e. The Morgan fingerprint density at radius 2 is 1.14 bits per heavy atom. The fraction of sp³-hybridized carbons (Fsp3) is 0.143. The van der Waals surface area contributed by atoms with Crippen LogP contribution in [0.5, 0.6) is 5.75 Å². The van der Waals surface area contributed by atoms with Gasteiger partial charge in [-0.05, 0) is 47.0 Å². The van der Waals surface area contributed by atoms with Crippen LogP contribution in [0.2, 0.25) is 0 Å². The number of methoxy groups -OCH3 is 1. The Bertz CT molecular complexity index is 1860. The number of amides is 2. The average Bonchev–Trinajstić information content (AvgIpc) is 3.85. The molecule has 0 fully saturated rings. The van der Waals surface area contributed by atoms with Crippen molar-refractivity contribution in [2.75, 3.05) is 7.11 Å². The highest BCUT2D eigenvalue weighted by Crippen LogP contribution is 2.26. The van der Waals surface area contributed by atoms with E-state index in [0.717, 1.165) is 50.5 Å². The first kappa shape index (κ1) is 27.2. The van der Waals surface area contributed by atoms with Crippen molar-refractivity contribution in [3.63, 3.8) is 0 Å². The number of rotatable bonds is 7. The van der Waals surface area contributed by atoms with Gasteiger partial charge in [-0.25, -0.2) is 0 Å². The molecule has 0 unspecified atom stereocenters. The van der Waals surface area contributed by atoms with Crippen molar-refractivity contribution in [2.24, 2.45) is 0 Å². The van der Waals surface area contributed by atoms with E-state index in [1.54, 1.807) is 19.5 Å². The molecule has 4 heterocycles. The number of hydrogen-bond acceptors (Lipinski definition) is 5. The Morgan fingerprint density at radius 3 is 1.64 bits per heavy atom. The molecule has 3 aromatic carbocycles. The highest BCUT2D eigenvalue weighted by Gasteiger charge is 2.26. The normalized spacial score (nSPS) is 14.0. The summed E-state index contributed by atoms with van der Waals surface area (Å²) in [6, 6.07) is 21.3. The van der Waals surface area contributed by atoms with E-state index in [1.807, 2.05) is 101 Å². The number of carbonyl (C=O) groups excluding carboxylic acids is 2. The summed E-state index contributed by atoms with van der Waals surface area (Å²) in [4.78, 5) is 29.5. The molecule has 2 N–H and O–H groups in total. The fourth-order valence-electron chi connectivity index (χ4n) is 5.60. The Kier molecular flexibility index (Phi) is 7.11. The summed E-state index contributed by atoms with van der Waals surface area (Å²) in [7, 11) is 1.66. The Balaban J connectivity index is 0.969. The highest BCUT2D eigenvalue weighted by atomic mass is 16.5. The second-order valence-corrected chi connectivity index (χ2v) is 11.0. The van der Waals surface area contributed by atoms with Gasteiger partial charge in [0.05, 0.1) is 44.0 Å². The van der Waals surface area contributed by atoms with Crippen LogP contribution in [0.1, 0.15) is 65.5 Å². The Morgan fingerprint density at radius 1 is 0.659 bits per heavy atom. The number of aromatic amines is 2. The first-order chi connectivity index (χ1) is 21.5. The molecule has 2 amide bonds. The van der Waals surface area contributed by atoms with Gasteiger partial charge in [0.25, 0.3) is 11.8 Å². The van der Waals surface area contributed by atoms with Crippen LogP contribution in [-0.2, 0) is 26.2 Å². The van der Waals surface area contributed by atoms with Gasteiger partial charge in [0.1, 0.15) is 5.75 Å². The largest absolute Gasteiger partial charge is 0.496 e. The zero-order chi connectivity index (χ0) is 30.0. The van der Waals surface area contributed by atoms with Gasteiger partial charge in [-0.1, -0.05) is 60.7 Å². The van der Waals surface area contributed by atoms with E-state index in [0.29, 0.717) is 37.3 Å². The number of aromatic nitrogens is 4. The van der Waals surface area contributed by atoms with Crippen LogP contribution in [0.25, 0.3) is 24.3 Å². The molecule has 0 aliphatic carbocycles. The van der Waals surface area contributed by atoms with E-state index in [-0.39, 0.29) is 11.8 Å². The monoisotopic (exact) mass is 582 g/mol. The number of nitrogens with one attached hydrogen (secondary N) is 2. The summed E-state index contributed by atoms with van der Waals surface area (Å²) in [5, 5.41) is 14.0. The molecule has 9 nitrogen and oxygen atoms in total. The second-order valence-electron chi connectivity index (χ2n) is 11.0. The molecule has 0 atom stereocenters. The molecule has 7 rings (SSSR count). The second kappa shape index (κ2) is 11.5. The zero-order valence-corrected chi connectivity index (χ0v) is 24.2. The number of ether oxygens (including phenoxy) is 1. The molecule has 218 valence electrons. The van der Waals surface area contributed by atoms with Crippen LogP contribution < -0.4 is 4.74 Å². The standard InChI is InChI=1S/C35H30N6O3/c1-44-33-16-25(3-2-23-5-12-27(13-6-23)34(42)40-19-29-17-36-38-31(29)21-40)9-11-26(33)10-4-24-7-14-28(15-8-24)35(43)41-20-30-18-37-39-32(30)22-41/h2-18H,19-22H2,1H3,(H,36,38)(H,37,39)/b3-2+,10-4+. The van der Waals surface area contributed by atoms with E-state index in [1.165, 1.54) is 0 Å². The van der Waals surface area contributed by atoms with Gasteiger partial charge in [0, 0.05) is 40.9 Å². The van der Waals surface area contributed by atoms with E-state index >= 15 is 0 Å². The Hall–Kier alpha value is -5.70.